The summed E-state index contributed by atoms with van der Waals surface area (Å²) in [6.07, 6.45) is 8.32. The molecular weight excluding hydrogens is 268 g/mol. The van der Waals surface area contributed by atoms with Gasteiger partial charge in [-0.15, -0.1) is 0 Å². The average Bonchev–Trinajstić information content (AvgIpc) is 3.07. The molecule has 1 aliphatic carbocycles. The number of nitrogens with zero attached hydrogens (tertiary/aromatic N) is 3. The van der Waals surface area contributed by atoms with Crippen molar-refractivity contribution in [2.45, 2.75) is 70.2 Å². The molecule has 0 spiro atoms. The molecule has 1 saturated carbocycles. The van der Waals surface area contributed by atoms with Crippen molar-refractivity contribution < 1.29 is 0 Å². The van der Waals surface area contributed by atoms with Gasteiger partial charge < -0.3 is 5.32 Å². The van der Waals surface area contributed by atoms with Crippen molar-refractivity contribution in [2.75, 3.05) is 12.3 Å². The first-order chi connectivity index (χ1) is 9.70. The fourth-order valence-corrected chi connectivity index (χ4v) is 4.26. The highest BCUT2D eigenvalue weighted by Crippen LogP contribution is 2.30. The lowest BCUT2D eigenvalue weighted by Gasteiger charge is -2.20. The Morgan fingerprint density at radius 3 is 2.80 bits per heavy atom. The molecule has 20 heavy (non-hydrogen) atoms. The smallest absolute Gasteiger partial charge is 0.138 e. The summed E-state index contributed by atoms with van der Waals surface area (Å²) in [5.41, 5.74) is 0. The number of hydrogen-bond acceptors (Lipinski definition) is 4. The number of rotatable bonds is 8. The van der Waals surface area contributed by atoms with Gasteiger partial charge >= 0.3 is 0 Å². The molecular formula is C15H28N4S. The Kier molecular flexibility index (Phi) is 6.36. The van der Waals surface area contributed by atoms with Crippen LogP contribution in [0.3, 0.4) is 0 Å². The number of thioether (sulfide) groups is 1. The van der Waals surface area contributed by atoms with Gasteiger partial charge in [-0.25, -0.2) is 9.67 Å². The van der Waals surface area contributed by atoms with Gasteiger partial charge in [-0.3, -0.25) is 0 Å². The second-order valence-electron chi connectivity index (χ2n) is 5.91. The first-order valence-electron chi connectivity index (χ1n) is 7.94. The average molecular weight is 296 g/mol. The maximum atomic E-state index is 4.44. The van der Waals surface area contributed by atoms with Crippen LogP contribution in [0.4, 0.5) is 0 Å². The van der Waals surface area contributed by atoms with Gasteiger partial charge in [-0.05, 0) is 33.2 Å². The van der Waals surface area contributed by atoms with Crippen LogP contribution in [0.15, 0.2) is 6.33 Å². The van der Waals surface area contributed by atoms with E-state index in [1.54, 1.807) is 6.33 Å². The summed E-state index contributed by atoms with van der Waals surface area (Å²) in [6.45, 7) is 7.52. The second-order valence-corrected chi connectivity index (χ2v) is 7.25. The topological polar surface area (TPSA) is 42.7 Å². The van der Waals surface area contributed by atoms with Gasteiger partial charge in [0.25, 0.3) is 0 Å². The summed E-state index contributed by atoms with van der Waals surface area (Å²) in [4.78, 5) is 4.44. The Hall–Kier alpha value is -0.550. The third-order valence-corrected chi connectivity index (χ3v) is 5.43. The molecule has 5 heteroatoms. The van der Waals surface area contributed by atoms with E-state index in [9.17, 15) is 0 Å². The van der Waals surface area contributed by atoms with E-state index in [1.807, 2.05) is 4.68 Å². The Labute approximate surface area is 127 Å². The van der Waals surface area contributed by atoms with E-state index >= 15 is 0 Å². The van der Waals surface area contributed by atoms with E-state index in [2.05, 4.69) is 47.9 Å². The standard InChI is InChI=1S/C15H28N4S/c1-4-16-13(10-20-14-7-5-6-8-14)9-15-17-11-18-19(15)12(2)3/h11-14,16H,4-10H2,1-3H3. The monoisotopic (exact) mass is 296 g/mol. The molecule has 1 aromatic heterocycles. The predicted octanol–water partition coefficient (Wildman–Crippen LogP) is 3.06. The van der Waals surface area contributed by atoms with Crippen molar-refractivity contribution in [1.82, 2.24) is 20.1 Å². The lowest BCUT2D eigenvalue weighted by Crippen LogP contribution is -2.35. The minimum Gasteiger partial charge on any atom is -0.313 e. The molecule has 1 fully saturated rings. The molecule has 0 aliphatic heterocycles. The van der Waals surface area contributed by atoms with Crippen molar-refractivity contribution in [2.24, 2.45) is 0 Å². The number of aromatic nitrogens is 3. The quantitative estimate of drug-likeness (QED) is 0.800. The Bertz CT molecular complexity index is 385. The van der Waals surface area contributed by atoms with Crippen LogP contribution in [-0.2, 0) is 6.42 Å². The van der Waals surface area contributed by atoms with Crippen molar-refractivity contribution in [3.05, 3.63) is 12.2 Å². The van der Waals surface area contributed by atoms with E-state index < -0.39 is 0 Å². The maximum absolute atomic E-state index is 4.44. The third kappa shape index (κ3) is 4.48. The van der Waals surface area contributed by atoms with Crippen LogP contribution in [0.25, 0.3) is 0 Å². The van der Waals surface area contributed by atoms with Crippen molar-refractivity contribution >= 4 is 11.8 Å². The molecule has 2 rings (SSSR count). The number of likely N-dealkylation sites (N-methyl/N-ethyl adjacent to an activating group) is 1. The molecule has 1 aliphatic rings. The van der Waals surface area contributed by atoms with Crippen LogP contribution < -0.4 is 5.32 Å². The van der Waals surface area contributed by atoms with Crippen LogP contribution in [0.5, 0.6) is 0 Å². The van der Waals surface area contributed by atoms with Crippen molar-refractivity contribution in [3.63, 3.8) is 0 Å². The minimum atomic E-state index is 0.386. The highest BCUT2D eigenvalue weighted by Gasteiger charge is 2.19. The largest absolute Gasteiger partial charge is 0.313 e. The van der Waals surface area contributed by atoms with Gasteiger partial charge in [0.1, 0.15) is 12.2 Å². The van der Waals surface area contributed by atoms with Crippen LogP contribution in [0.2, 0.25) is 0 Å². The van der Waals surface area contributed by atoms with E-state index in [4.69, 9.17) is 0 Å². The molecule has 0 radical (unpaired) electrons. The fraction of sp³-hybridized carbons (Fsp3) is 0.867. The molecule has 4 nitrogen and oxygen atoms in total. The second kappa shape index (κ2) is 8.03. The predicted molar refractivity (Wildman–Crippen MR) is 86.3 cm³/mol. The molecule has 114 valence electrons. The zero-order chi connectivity index (χ0) is 14.4. The Morgan fingerprint density at radius 2 is 2.15 bits per heavy atom. The first-order valence-corrected chi connectivity index (χ1v) is 8.99. The molecule has 1 heterocycles. The minimum absolute atomic E-state index is 0.386. The normalized spacial score (nSPS) is 18.0. The Balaban J connectivity index is 1.88. The van der Waals surface area contributed by atoms with E-state index in [0.717, 1.165) is 24.0 Å². The molecule has 0 bridgehead atoms. The SMILES string of the molecule is CCNC(CSC1CCCC1)Cc1ncnn1C(C)C. The first kappa shape index (κ1) is 15.8. The molecule has 0 aromatic carbocycles. The highest BCUT2D eigenvalue weighted by atomic mass is 32.2. The van der Waals surface area contributed by atoms with E-state index in [1.165, 1.54) is 31.4 Å². The van der Waals surface area contributed by atoms with Crippen molar-refractivity contribution in [1.29, 1.82) is 0 Å². The van der Waals surface area contributed by atoms with Crippen molar-refractivity contribution in [3.8, 4) is 0 Å². The Morgan fingerprint density at radius 1 is 1.40 bits per heavy atom. The molecule has 1 atom stereocenters. The van der Waals surface area contributed by atoms with Crippen LogP contribution in [0.1, 0.15) is 58.3 Å². The zero-order valence-electron chi connectivity index (χ0n) is 13.0. The van der Waals surface area contributed by atoms with Crippen LogP contribution in [0, 0.1) is 0 Å². The lowest BCUT2D eigenvalue weighted by molar-refractivity contribution is 0.477. The molecule has 1 N–H and O–H groups in total. The van der Waals surface area contributed by atoms with Crippen LogP contribution >= 0.6 is 11.8 Å². The van der Waals surface area contributed by atoms with Gasteiger partial charge in [0.05, 0.1) is 0 Å². The fourth-order valence-electron chi connectivity index (χ4n) is 2.86. The summed E-state index contributed by atoms with van der Waals surface area (Å²) < 4.78 is 2.05. The van der Waals surface area contributed by atoms with E-state index in [0.29, 0.717) is 12.1 Å². The molecule has 1 unspecified atom stereocenters. The number of hydrogen-bond donors (Lipinski definition) is 1. The number of nitrogens with one attached hydrogen (secondary N) is 1. The van der Waals surface area contributed by atoms with Gasteiger partial charge in [0.15, 0.2) is 0 Å². The van der Waals surface area contributed by atoms with Gasteiger partial charge in [0.2, 0.25) is 0 Å². The summed E-state index contributed by atoms with van der Waals surface area (Å²) in [5, 5.41) is 8.83. The summed E-state index contributed by atoms with van der Waals surface area (Å²) >= 11 is 2.15. The summed E-state index contributed by atoms with van der Waals surface area (Å²) in [5.74, 6) is 2.29. The van der Waals surface area contributed by atoms with Gasteiger partial charge in [0, 0.05) is 29.5 Å². The molecule has 0 amide bonds. The molecule has 1 aromatic rings. The van der Waals surface area contributed by atoms with Gasteiger partial charge in [-0.2, -0.15) is 16.9 Å². The zero-order valence-corrected chi connectivity index (χ0v) is 13.8. The third-order valence-electron chi connectivity index (χ3n) is 3.89. The maximum Gasteiger partial charge on any atom is 0.138 e. The highest BCUT2D eigenvalue weighted by molar-refractivity contribution is 7.99. The lowest BCUT2D eigenvalue weighted by atomic mass is 10.2. The summed E-state index contributed by atoms with van der Waals surface area (Å²) in [6, 6.07) is 0.893. The van der Waals surface area contributed by atoms with E-state index in [-0.39, 0.29) is 0 Å². The van der Waals surface area contributed by atoms with Crippen LogP contribution in [-0.4, -0.2) is 38.4 Å². The van der Waals surface area contributed by atoms with Gasteiger partial charge in [-0.1, -0.05) is 19.8 Å². The molecule has 0 saturated heterocycles. The summed E-state index contributed by atoms with van der Waals surface area (Å²) in [7, 11) is 0.